The van der Waals surface area contributed by atoms with E-state index in [0.717, 1.165) is 12.8 Å². The third kappa shape index (κ3) is 2.35. The Bertz CT molecular complexity index is 314. The van der Waals surface area contributed by atoms with E-state index in [2.05, 4.69) is 15.6 Å². The highest BCUT2D eigenvalue weighted by Gasteiger charge is 2.38. The zero-order valence-corrected chi connectivity index (χ0v) is 9.99. The zero-order valence-electron chi connectivity index (χ0n) is 9.99. The van der Waals surface area contributed by atoms with Crippen molar-refractivity contribution in [1.29, 1.82) is 0 Å². The van der Waals surface area contributed by atoms with Crippen LogP contribution in [0.3, 0.4) is 0 Å². The first kappa shape index (κ1) is 11.4. The van der Waals surface area contributed by atoms with Crippen LogP contribution in [0.2, 0.25) is 0 Å². The molecule has 2 heterocycles. The van der Waals surface area contributed by atoms with Gasteiger partial charge in [0.05, 0.1) is 12.2 Å². The van der Waals surface area contributed by atoms with Crippen molar-refractivity contribution >= 4 is 11.9 Å². The molecule has 0 aromatic carbocycles. The SMILES string of the molecule is CC(C)NC1=NC(C2CCC(C)O2)C(=O)N1. The number of rotatable bonds is 2. The number of hydrogen-bond donors (Lipinski definition) is 2. The molecule has 2 N–H and O–H groups in total. The Balaban J connectivity index is 1.99. The minimum absolute atomic E-state index is 0.0535. The number of guanidine groups is 1. The fourth-order valence-corrected chi connectivity index (χ4v) is 2.09. The maximum absolute atomic E-state index is 11.7. The van der Waals surface area contributed by atoms with Gasteiger partial charge in [0.25, 0.3) is 5.91 Å². The van der Waals surface area contributed by atoms with Gasteiger partial charge in [0, 0.05) is 6.04 Å². The molecule has 3 atom stereocenters. The molecule has 2 aliphatic heterocycles. The average molecular weight is 225 g/mol. The van der Waals surface area contributed by atoms with E-state index in [0.29, 0.717) is 5.96 Å². The first-order valence-electron chi connectivity index (χ1n) is 5.87. The van der Waals surface area contributed by atoms with E-state index in [1.54, 1.807) is 0 Å². The second kappa shape index (κ2) is 4.41. The number of hydrogen-bond acceptors (Lipinski definition) is 4. The molecule has 0 spiro atoms. The Morgan fingerprint density at radius 1 is 1.50 bits per heavy atom. The average Bonchev–Trinajstić information content (AvgIpc) is 2.72. The summed E-state index contributed by atoms with van der Waals surface area (Å²) in [5, 5.41) is 5.85. The lowest BCUT2D eigenvalue weighted by Gasteiger charge is -2.13. The van der Waals surface area contributed by atoms with E-state index in [1.165, 1.54) is 0 Å². The highest BCUT2D eigenvalue weighted by atomic mass is 16.5. The third-order valence-electron chi connectivity index (χ3n) is 2.82. The molecule has 1 fully saturated rings. The molecular weight excluding hydrogens is 206 g/mol. The minimum Gasteiger partial charge on any atom is -0.372 e. The lowest BCUT2D eigenvalue weighted by atomic mass is 10.1. The molecule has 90 valence electrons. The molecule has 0 aromatic heterocycles. The van der Waals surface area contributed by atoms with Crippen LogP contribution in [0.25, 0.3) is 0 Å². The van der Waals surface area contributed by atoms with Crippen molar-refractivity contribution in [2.75, 3.05) is 0 Å². The summed E-state index contributed by atoms with van der Waals surface area (Å²) in [7, 11) is 0. The number of aliphatic imine (C=N–C) groups is 1. The van der Waals surface area contributed by atoms with Crippen LogP contribution >= 0.6 is 0 Å². The summed E-state index contributed by atoms with van der Waals surface area (Å²) in [4.78, 5) is 16.1. The maximum atomic E-state index is 11.7. The molecule has 0 aromatic rings. The zero-order chi connectivity index (χ0) is 11.7. The van der Waals surface area contributed by atoms with Gasteiger partial charge in [0.1, 0.15) is 0 Å². The van der Waals surface area contributed by atoms with Gasteiger partial charge < -0.3 is 10.1 Å². The van der Waals surface area contributed by atoms with Gasteiger partial charge in [-0.3, -0.25) is 10.1 Å². The van der Waals surface area contributed by atoms with Gasteiger partial charge >= 0.3 is 0 Å². The molecule has 16 heavy (non-hydrogen) atoms. The fraction of sp³-hybridized carbons (Fsp3) is 0.818. The molecule has 5 nitrogen and oxygen atoms in total. The largest absolute Gasteiger partial charge is 0.372 e. The molecule has 0 saturated carbocycles. The molecule has 3 unspecified atom stereocenters. The van der Waals surface area contributed by atoms with Crippen molar-refractivity contribution in [1.82, 2.24) is 10.6 Å². The van der Waals surface area contributed by atoms with Crippen LogP contribution in [-0.2, 0) is 9.53 Å². The number of ether oxygens (including phenoxy) is 1. The Hall–Kier alpha value is -1.10. The highest BCUT2D eigenvalue weighted by molar-refractivity contribution is 6.05. The van der Waals surface area contributed by atoms with Crippen LogP contribution in [0.15, 0.2) is 4.99 Å². The first-order chi connectivity index (χ1) is 7.56. The molecule has 5 heteroatoms. The molecular formula is C11H19N3O2. The molecule has 1 amide bonds. The van der Waals surface area contributed by atoms with Gasteiger partial charge in [-0.1, -0.05) is 0 Å². The smallest absolute Gasteiger partial charge is 0.254 e. The van der Waals surface area contributed by atoms with E-state index >= 15 is 0 Å². The van der Waals surface area contributed by atoms with Crippen LogP contribution in [0, 0.1) is 0 Å². The van der Waals surface area contributed by atoms with E-state index in [-0.39, 0.29) is 30.2 Å². The van der Waals surface area contributed by atoms with Crippen LogP contribution in [-0.4, -0.2) is 36.2 Å². The van der Waals surface area contributed by atoms with Crippen molar-refractivity contribution in [3.8, 4) is 0 Å². The standard InChI is InChI=1S/C11H19N3O2/c1-6(2)12-11-13-9(10(15)14-11)8-5-4-7(3)16-8/h6-9H,4-5H2,1-3H3,(H2,12,13,14,15). The summed E-state index contributed by atoms with van der Waals surface area (Å²) < 4.78 is 5.67. The molecule has 0 radical (unpaired) electrons. The molecule has 0 aliphatic carbocycles. The Labute approximate surface area is 95.6 Å². The summed E-state index contributed by atoms with van der Waals surface area (Å²) in [6.45, 7) is 6.05. The molecule has 2 rings (SSSR count). The first-order valence-corrected chi connectivity index (χ1v) is 5.87. The van der Waals surface area contributed by atoms with Crippen molar-refractivity contribution < 1.29 is 9.53 Å². The van der Waals surface area contributed by atoms with E-state index in [1.807, 2.05) is 20.8 Å². The van der Waals surface area contributed by atoms with Crippen LogP contribution in [0.4, 0.5) is 0 Å². The Kier molecular flexibility index (Phi) is 3.14. The van der Waals surface area contributed by atoms with Crippen molar-refractivity contribution in [2.45, 2.75) is 57.9 Å². The highest BCUT2D eigenvalue weighted by Crippen LogP contribution is 2.24. The van der Waals surface area contributed by atoms with Gasteiger partial charge in [0.15, 0.2) is 12.0 Å². The third-order valence-corrected chi connectivity index (χ3v) is 2.82. The second-order valence-corrected chi connectivity index (χ2v) is 4.77. The topological polar surface area (TPSA) is 62.7 Å². The van der Waals surface area contributed by atoms with Crippen LogP contribution in [0.1, 0.15) is 33.6 Å². The van der Waals surface area contributed by atoms with E-state index < -0.39 is 0 Å². The Morgan fingerprint density at radius 3 is 2.81 bits per heavy atom. The summed E-state index contributed by atoms with van der Waals surface area (Å²) in [6, 6.07) is -0.104. The summed E-state index contributed by atoms with van der Waals surface area (Å²) in [6.07, 6.45) is 2.12. The van der Waals surface area contributed by atoms with Gasteiger partial charge in [-0.2, -0.15) is 0 Å². The summed E-state index contributed by atoms with van der Waals surface area (Å²) in [5.41, 5.74) is 0. The van der Waals surface area contributed by atoms with Crippen molar-refractivity contribution in [3.05, 3.63) is 0 Å². The van der Waals surface area contributed by atoms with Crippen LogP contribution in [0.5, 0.6) is 0 Å². The van der Waals surface area contributed by atoms with E-state index in [4.69, 9.17) is 4.74 Å². The predicted molar refractivity (Wildman–Crippen MR) is 61.2 cm³/mol. The maximum Gasteiger partial charge on any atom is 0.254 e. The number of carbonyl (C=O) groups excluding carboxylic acids is 1. The van der Waals surface area contributed by atoms with Crippen LogP contribution < -0.4 is 10.6 Å². The summed E-state index contributed by atoms with van der Waals surface area (Å²) >= 11 is 0. The number of carbonyl (C=O) groups is 1. The molecule has 2 aliphatic rings. The Morgan fingerprint density at radius 2 is 2.25 bits per heavy atom. The lowest BCUT2D eigenvalue weighted by Crippen LogP contribution is -2.41. The van der Waals surface area contributed by atoms with E-state index in [9.17, 15) is 4.79 Å². The lowest BCUT2D eigenvalue weighted by molar-refractivity contribution is -0.123. The van der Waals surface area contributed by atoms with Crippen molar-refractivity contribution in [2.24, 2.45) is 4.99 Å². The monoisotopic (exact) mass is 225 g/mol. The van der Waals surface area contributed by atoms with Gasteiger partial charge in [-0.05, 0) is 33.6 Å². The predicted octanol–water partition coefficient (Wildman–Crippen LogP) is 0.406. The molecule has 0 bridgehead atoms. The van der Waals surface area contributed by atoms with Crippen molar-refractivity contribution in [3.63, 3.8) is 0 Å². The fourth-order valence-electron chi connectivity index (χ4n) is 2.09. The minimum atomic E-state index is -0.369. The normalized spacial score (nSPS) is 34.1. The van der Waals surface area contributed by atoms with Gasteiger partial charge in [0.2, 0.25) is 0 Å². The van der Waals surface area contributed by atoms with Gasteiger partial charge in [-0.15, -0.1) is 0 Å². The number of amides is 1. The number of nitrogens with zero attached hydrogens (tertiary/aromatic N) is 1. The summed E-state index contributed by atoms with van der Waals surface area (Å²) in [5.74, 6) is 0.524. The number of nitrogens with one attached hydrogen (secondary N) is 2. The van der Waals surface area contributed by atoms with Gasteiger partial charge in [-0.25, -0.2) is 4.99 Å². The second-order valence-electron chi connectivity index (χ2n) is 4.77. The molecule has 1 saturated heterocycles. The quantitative estimate of drug-likeness (QED) is 0.715.